The van der Waals surface area contributed by atoms with E-state index >= 15 is 0 Å². The van der Waals surface area contributed by atoms with Crippen molar-refractivity contribution in [2.24, 2.45) is 7.05 Å². The average molecular weight is 381 g/mol. The SMILES string of the molecule is Cn1nccc1Nc1nccc(-c2cc3c4c(c2)nnn4Cc2cccnc2-3)n1. The van der Waals surface area contributed by atoms with Gasteiger partial charge in [0, 0.05) is 42.2 Å². The predicted molar refractivity (Wildman–Crippen MR) is 107 cm³/mol. The van der Waals surface area contributed by atoms with E-state index in [1.165, 1.54) is 0 Å². The molecule has 0 saturated carbocycles. The van der Waals surface area contributed by atoms with Gasteiger partial charge in [0.15, 0.2) is 0 Å². The van der Waals surface area contributed by atoms with E-state index in [0.29, 0.717) is 12.5 Å². The van der Waals surface area contributed by atoms with Crippen molar-refractivity contribution in [3.05, 3.63) is 60.6 Å². The van der Waals surface area contributed by atoms with Crippen LogP contribution in [-0.4, -0.2) is 39.7 Å². The standard InChI is InChI=1S/C20H15N9/c1-28-17(5-8-23-28)25-20-22-7-4-15(24-20)13-9-14-18-12(3-2-6-21-18)11-29-19(14)16(10-13)26-27-29/h2-10H,11H2,1H3,(H,22,24,25). The molecule has 1 aliphatic rings. The Morgan fingerprint density at radius 1 is 1.03 bits per heavy atom. The van der Waals surface area contributed by atoms with Crippen molar-refractivity contribution in [2.75, 3.05) is 5.32 Å². The van der Waals surface area contributed by atoms with Crippen molar-refractivity contribution < 1.29 is 0 Å². The number of benzene rings is 1. The molecule has 0 radical (unpaired) electrons. The first-order valence-corrected chi connectivity index (χ1v) is 9.16. The van der Waals surface area contributed by atoms with Crippen molar-refractivity contribution in [3.8, 4) is 22.5 Å². The fraction of sp³-hybridized carbons (Fsp3) is 0.100. The third-order valence-electron chi connectivity index (χ3n) is 5.09. The first-order valence-electron chi connectivity index (χ1n) is 9.16. The molecule has 9 nitrogen and oxygen atoms in total. The number of hydrogen-bond acceptors (Lipinski definition) is 7. The maximum atomic E-state index is 4.68. The lowest BCUT2D eigenvalue weighted by Gasteiger charge is -2.17. The number of rotatable bonds is 3. The molecule has 9 heteroatoms. The van der Waals surface area contributed by atoms with Crippen molar-refractivity contribution in [2.45, 2.75) is 6.54 Å². The fourth-order valence-corrected chi connectivity index (χ4v) is 3.71. The number of hydrogen-bond donors (Lipinski definition) is 1. The zero-order valence-corrected chi connectivity index (χ0v) is 15.5. The highest BCUT2D eigenvalue weighted by molar-refractivity contribution is 5.96. The summed E-state index contributed by atoms with van der Waals surface area (Å²) in [6.07, 6.45) is 5.27. The summed E-state index contributed by atoms with van der Waals surface area (Å²) < 4.78 is 3.65. The quantitative estimate of drug-likeness (QED) is 0.503. The second kappa shape index (κ2) is 5.93. The van der Waals surface area contributed by atoms with E-state index < -0.39 is 0 Å². The van der Waals surface area contributed by atoms with Crippen LogP contribution in [0.2, 0.25) is 0 Å². The second-order valence-corrected chi connectivity index (χ2v) is 6.88. The lowest BCUT2D eigenvalue weighted by Crippen LogP contribution is -2.10. The van der Waals surface area contributed by atoms with Crippen LogP contribution in [0.15, 0.2) is 55.0 Å². The number of fused-ring (bicyclic) bond motifs is 2. The van der Waals surface area contributed by atoms with E-state index in [9.17, 15) is 0 Å². The Balaban J connectivity index is 1.49. The Bertz CT molecular complexity index is 1380. The molecule has 0 amide bonds. The Morgan fingerprint density at radius 2 is 2.00 bits per heavy atom. The lowest BCUT2D eigenvalue weighted by molar-refractivity contribution is 0.664. The second-order valence-electron chi connectivity index (χ2n) is 6.88. The molecule has 0 saturated heterocycles. The molecule has 0 unspecified atom stereocenters. The molecule has 1 N–H and O–H groups in total. The van der Waals surface area contributed by atoms with E-state index in [-0.39, 0.29) is 0 Å². The maximum Gasteiger partial charge on any atom is 0.228 e. The number of pyridine rings is 1. The van der Waals surface area contributed by atoms with Crippen LogP contribution in [0.1, 0.15) is 5.56 Å². The molecular weight excluding hydrogens is 366 g/mol. The normalized spacial score (nSPS) is 12.2. The van der Waals surface area contributed by atoms with E-state index in [1.807, 2.05) is 42.2 Å². The van der Waals surface area contributed by atoms with Gasteiger partial charge in [-0.2, -0.15) is 5.10 Å². The minimum absolute atomic E-state index is 0.502. The maximum absolute atomic E-state index is 4.68. The highest BCUT2D eigenvalue weighted by Crippen LogP contribution is 2.36. The van der Waals surface area contributed by atoms with Gasteiger partial charge >= 0.3 is 0 Å². The van der Waals surface area contributed by atoms with Gasteiger partial charge in [-0.05, 0) is 24.3 Å². The number of aryl methyl sites for hydroxylation is 1. The smallest absolute Gasteiger partial charge is 0.228 e. The van der Waals surface area contributed by atoms with Gasteiger partial charge in [0.05, 0.1) is 29.6 Å². The lowest BCUT2D eigenvalue weighted by atomic mass is 9.97. The molecule has 5 aromatic rings. The molecule has 0 aliphatic carbocycles. The summed E-state index contributed by atoms with van der Waals surface area (Å²) in [5, 5.41) is 16.0. The van der Waals surface area contributed by atoms with Gasteiger partial charge in [-0.25, -0.2) is 14.6 Å². The number of nitrogens with zero attached hydrogens (tertiary/aromatic N) is 8. The zero-order valence-electron chi connectivity index (χ0n) is 15.5. The molecule has 29 heavy (non-hydrogen) atoms. The summed E-state index contributed by atoms with van der Waals surface area (Å²) in [5.41, 5.74) is 6.68. The number of anilines is 2. The third-order valence-corrected chi connectivity index (χ3v) is 5.09. The van der Waals surface area contributed by atoms with Crippen molar-refractivity contribution >= 4 is 22.8 Å². The molecule has 5 heterocycles. The van der Waals surface area contributed by atoms with Crippen LogP contribution < -0.4 is 5.32 Å². The summed E-state index contributed by atoms with van der Waals surface area (Å²) >= 11 is 0. The monoisotopic (exact) mass is 381 g/mol. The molecule has 0 bridgehead atoms. The van der Waals surface area contributed by atoms with Gasteiger partial charge in [0.2, 0.25) is 5.95 Å². The Kier molecular flexibility index (Phi) is 3.25. The highest BCUT2D eigenvalue weighted by atomic mass is 15.4. The molecular formula is C20H15N9. The van der Waals surface area contributed by atoms with Crippen LogP contribution in [0.25, 0.3) is 33.5 Å². The minimum atomic E-state index is 0.502. The summed E-state index contributed by atoms with van der Waals surface area (Å²) in [4.78, 5) is 13.6. The largest absolute Gasteiger partial charge is 0.309 e. The van der Waals surface area contributed by atoms with Gasteiger partial charge < -0.3 is 5.32 Å². The van der Waals surface area contributed by atoms with Crippen LogP contribution in [-0.2, 0) is 13.6 Å². The van der Waals surface area contributed by atoms with Crippen LogP contribution in [0, 0.1) is 0 Å². The fourth-order valence-electron chi connectivity index (χ4n) is 3.71. The number of nitrogens with one attached hydrogen (secondary N) is 1. The van der Waals surface area contributed by atoms with E-state index in [1.54, 1.807) is 17.1 Å². The first kappa shape index (κ1) is 15.9. The van der Waals surface area contributed by atoms with Gasteiger partial charge in [-0.3, -0.25) is 9.67 Å². The van der Waals surface area contributed by atoms with E-state index in [4.69, 9.17) is 0 Å². The number of aromatic nitrogens is 8. The molecule has 140 valence electrons. The Labute approximate surface area is 165 Å². The third kappa shape index (κ3) is 2.48. The molecule has 0 spiro atoms. The van der Waals surface area contributed by atoms with E-state index in [0.717, 1.165) is 44.9 Å². The van der Waals surface area contributed by atoms with Crippen LogP contribution >= 0.6 is 0 Å². The molecule has 0 atom stereocenters. The Morgan fingerprint density at radius 3 is 2.90 bits per heavy atom. The minimum Gasteiger partial charge on any atom is -0.309 e. The molecule has 4 aromatic heterocycles. The zero-order chi connectivity index (χ0) is 19.4. The molecule has 0 fully saturated rings. The highest BCUT2D eigenvalue weighted by Gasteiger charge is 2.22. The van der Waals surface area contributed by atoms with Gasteiger partial charge in [0.1, 0.15) is 11.3 Å². The summed E-state index contributed by atoms with van der Waals surface area (Å²) in [6, 6.07) is 11.9. The molecule has 1 aliphatic heterocycles. The Hall–Kier alpha value is -4.14. The van der Waals surface area contributed by atoms with Gasteiger partial charge in [-0.1, -0.05) is 11.3 Å². The van der Waals surface area contributed by atoms with Crippen molar-refractivity contribution in [3.63, 3.8) is 0 Å². The van der Waals surface area contributed by atoms with Crippen LogP contribution in [0.3, 0.4) is 0 Å². The predicted octanol–water partition coefficient (Wildman–Crippen LogP) is 2.79. The van der Waals surface area contributed by atoms with Crippen molar-refractivity contribution in [1.29, 1.82) is 0 Å². The van der Waals surface area contributed by atoms with E-state index in [2.05, 4.69) is 47.8 Å². The van der Waals surface area contributed by atoms with Gasteiger partial charge in [-0.15, -0.1) is 5.10 Å². The topological polar surface area (TPSA) is 99.2 Å². The summed E-state index contributed by atoms with van der Waals surface area (Å²) in [5.74, 6) is 1.32. The summed E-state index contributed by atoms with van der Waals surface area (Å²) in [7, 11) is 1.86. The van der Waals surface area contributed by atoms with Crippen LogP contribution in [0.4, 0.5) is 11.8 Å². The van der Waals surface area contributed by atoms with Crippen LogP contribution in [0.5, 0.6) is 0 Å². The van der Waals surface area contributed by atoms with Crippen molar-refractivity contribution in [1.82, 2.24) is 39.7 Å². The first-order chi connectivity index (χ1) is 14.3. The molecule has 1 aromatic carbocycles. The van der Waals surface area contributed by atoms with Gasteiger partial charge in [0.25, 0.3) is 0 Å². The summed E-state index contributed by atoms with van der Waals surface area (Å²) in [6.45, 7) is 0.679. The molecule has 6 rings (SSSR count). The average Bonchev–Trinajstić information content (AvgIpc) is 3.35.